The van der Waals surface area contributed by atoms with E-state index in [0.717, 1.165) is 0 Å². The number of phenols is 3. The Morgan fingerprint density at radius 1 is 1.13 bits per heavy atom. The van der Waals surface area contributed by atoms with Gasteiger partial charge in [-0.3, -0.25) is 9.59 Å². The summed E-state index contributed by atoms with van der Waals surface area (Å²) in [4.78, 5) is 23.2. The topological polar surface area (TPSA) is 196 Å². The summed E-state index contributed by atoms with van der Waals surface area (Å²) in [7, 11) is 0. The van der Waals surface area contributed by atoms with E-state index in [9.17, 15) is 45.3 Å². The number of aldehydes is 1. The van der Waals surface area contributed by atoms with E-state index in [0.29, 0.717) is 12.1 Å². The van der Waals surface area contributed by atoms with Crippen LogP contribution in [-0.4, -0.2) is 83.4 Å². The van der Waals surface area contributed by atoms with Crippen molar-refractivity contribution in [2.45, 2.75) is 23.9 Å². The van der Waals surface area contributed by atoms with Gasteiger partial charge in [0, 0.05) is 5.56 Å². The molecule has 1 rings (SSSR count). The number of aliphatic hydroxyl groups excluding tert-OH is 4. The molecule has 0 saturated carbocycles. The quantitative estimate of drug-likeness (QED) is 0.110. The molecule has 0 spiro atoms. The number of hydrogen-bond donors (Lipinski definition) is 8. The molecule has 0 aliphatic rings. The van der Waals surface area contributed by atoms with Gasteiger partial charge in [0.2, 0.25) is 11.4 Å². The highest BCUT2D eigenvalue weighted by Gasteiger charge is 2.48. The maximum atomic E-state index is 12.2. The van der Waals surface area contributed by atoms with E-state index in [1.54, 1.807) is 0 Å². The standard InChI is InChI=1S/C13H16O10/c14-3-8(18)10(20)12(22)13(23,4-15)11(21)5-1-6(16)9(19)7(17)2-5/h1-2,4,8,10,12,14,16-20,22-23H,3H2/t8-,10-,12+,13-/m1/s1. The van der Waals surface area contributed by atoms with Gasteiger partial charge in [0.25, 0.3) is 0 Å². The first-order chi connectivity index (χ1) is 10.6. The average Bonchev–Trinajstić information content (AvgIpc) is 2.55. The van der Waals surface area contributed by atoms with Crippen LogP contribution in [0.5, 0.6) is 17.2 Å². The van der Waals surface area contributed by atoms with Crippen molar-refractivity contribution in [3.8, 4) is 17.2 Å². The summed E-state index contributed by atoms with van der Waals surface area (Å²) in [5, 5.41) is 75.1. The Morgan fingerprint density at radius 3 is 2.00 bits per heavy atom. The van der Waals surface area contributed by atoms with Crippen LogP contribution in [0, 0.1) is 0 Å². The molecule has 10 heteroatoms. The molecule has 10 nitrogen and oxygen atoms in total. The molecule has 0 aliphatic heterocycles. The van der Waals surface area contributed by atoms with Gasteiger partial charge < -0.3 is 40.9 Å². The van der Waals surface area contributed by atoms with Crippen LogP contribution in [-0.2, 0) is 4.79 Å². The first-order valence-electron chi connectivity index (χ1n) is 6.23. The number of ketones is 1. The molecule has 0 amide bonds. The first-order valence-corrected chi connectivity index (χ1v) is 6.23. The first kappa shape index (κ1) is 18.8. The highest BCUT2D eigenvalue weighted by Crippen LogP contribution is 2.36. The van der Waals surface area contributed by atoms with E-state index in [2.05, 4.69) is 0 Å². The fourth-order valence-corrected chi connectivity index (χ4v) is 1.80. The van der Waals surface area contributed by atoms with Gasteiger partial charge in [0.15, 0.2) is 23.5 Å². The Hall–Kier alpha value is -2.24. The molecule has 0 bridgehead atoms. The molecule has 0 saturated heterocycles. The van der Waals surface area contributed by atoms with E-state index in [1.807, 2.05) is 0 Å². The molecule has 23 heavy (non-hydrogen) atoms. The Kier molecular flexibility index (Phi) is 5.64. The Bertz CT molecular complexity index is 577. The number of Topliss-reactive ketones (excluding diaryl/α,β-unsaturated/α-hetero) is 1. The Labute approximate surface area is 129 Å². The third-order valence-corrected chi connectivity index (χ3v) is 3.23. The maximum Gasteiger partial charge on any atom is 0.211 e. The largest absolute Gasteiger partial charge is 0.504 e. The van der Waals surface area contributed by atoms with Gasteiger partial charge in [0.1, 0.15) is 18.3 Å². The summed E-state index contributed by atoms with van der Waals surface area (Å²) in [5.74, 6) is -4.36. The van der Waals surface area contributed by atoms with Crippen LogP contribution < -0.4 is 0 Å². The molecule has 0 aliphatic carbocycles. The van der Waals surface area contributed by atoms with E-state index in [-0.39, 0.29) is 0 Å². The number of carbonyl (C=O) groups is 2. The lowest BCUT2D eigenvalue weighted by molar-refractivity contribution is -0.152. The lowest BCUT2D eigenvalue weighted by Crippen LogP contribution is -2.59. The van der Waals surface area contributed by atoms with Crippen molar-refractivity contribution in [1.82, 2.24) is 0 Å². The van der Waals surface area contributed by atoms with Crippen molar-refractivity contribution in [3.63, 3.8) is 0 Å². The molecule has 1 aromatic rings. The fraction of sp³-hybridized carbons (Fsp3) is 0.385. The summed E-state index contributed by atoms with van der Waals surface area (Å²) in [5.41, 5.74) is -3.91. The predicted octanol–water partition coefficient (Wildman–Crippen LogP) is -3.01. The number of phenolic OH excluding ortho intramolecular Hbond substituents is 3. The van der Waals surface area contributed by atoms with Crippen molar-refractivity contribution in [1.29, 1.82) is 0 Å². The summed E-state index contributed by atoms with van der Waals surface area (Å²) in [6.45, 7) is -1.03. The van der Waals surface area contributed by atoms with Gasteiger partial charge in [-0.1, -0.05) is 0 Å². The minimum absolute atomic E-state index is 0.408. The highest BCUT2D eigenvalue weighted by molar-refractivity contribution is 6.12. The SMILES string of the molecule is O=C[C@@](O)(C(=O)c1cc(O)c(O)c(O)c1)[C@@H](O)[C@H](O)[C@H](O)CO. The van der Waals surface area contributed by atoms with Gasteiger partial charge in [-0.2, -0.15) is 0 Å². The average molecular weight is 332 g/mol. The third-order valence-electron chi connectivity index (χ3n) is 3.23. The molecule has 0 fully saturated rings. The molecular formula is C13H16O10. The molecule has 0 radical (unpaired) electrons. The summed E-state index contributed by atoms with van der Waals surface area (Å²) in [6, 6.07) is 1.21. The lowest BCUT2D eigenvalue weighted by Gasteiger charge is -2.31. The Morgan fingerprint density at radius 2 is 1.61 bits per heavy atom. The lowest BCUT2D eigenvalue weighted by atomic mass is 9.84. The van der Waals surface area contributed by atoms with Crippen molar-refractivity contribution >= 4 is 12.1 Å². The summed E-state index contributed by atoms with van der Waals surface area (Å²) in [6.07, 6.45) is -7.13. The van der Waals surface area contributed by atoms with Crippen molar-refractivity contribution in [3.05, 3.63) is 17.7 Å². The van der Waals surface area contributed by atoms with Crippen molar-refractivity contribution in [2.24, 2.45) is 0 Å². The number of rotatable bonds is 7. The molecule has 4 atom stereocenters. The molecule has 1 aromatic carbocycles. The molecule has 128 valence electrons. The number of benzene rings is 1. The zero-order chi connectivity index (χ0) is 17.9. The van der Waals surface area contributed by atoms with Crippen molar-refractivity contribution in [2.75, 3.05) is 6.61 Å². The van der Waals surface area contributed by atoms with Crippen LogP contribution in [0.2, 0.25) is 0 Å². The van der Waals surface area contributed by atoms with Crippen LogP contribution in [0.15, 0.2) is 12.1 Å². The normalized spacial score (nSPS) is 17.8. The summed E-state index contributed by atoms with van der Waals surface area (Å²) < 4.78 is 0. The van der Waals surface area contributed by atoms with E-state index >= 15 is 0 Å². The minimum Gasteiger partial charge on any atom is -0.504 e. The fourth-order valence-electron chi connectivity index (χ4n) is 1.80. The minimum atomic E-state index is -3.24. The number of aliphatic hydroxyl groups is 5. The smallest absolute Gasteiger partial charge is 0.211 e. The zero-order valence-corrected chi connectivity index (χ0v) is 11.6. The highest BCUT2D eigenvalue weighted by atomic mass is 16.4. The van der Waals surface area contributed by atoms with Crippen LogP contribution in [0.1, 0.15) is 10.4 Å². The van der Waals surface area contributed by atoms with Gasteiger partial charge in [-0.05, 0) is 12.1 Å². The van der Waals surface area contributed by atoms with Gasteiger partial charge in [-0.25, -0.2) is 0 Å². The van der Waals surface area contributed by atoms with Gasteiger partial charge >= 0.3 is 0 Å². The number of carbonyl (C=O) groups excluding carboxylic acids is 2. The van der Waals surface area contributed by atoms with Crippen LogP contribution in [0.25, 0.3) is 0 Å². The third kappa shape index (κ3) is 3.41. The maximum absolute atomic E-state index is 12.2. The van der Waals surface area contributed by atoms with Crippen molar-refractivity contribution < 1.29 is 50.4 Å². The molecule has 0 heterocycles. The van der Waals surface area contributed by atoms with Crippen LogP contribution in [0.3, 0.4) is 0 Å². The zero-order valence-electron chi connectivity index (χ0n) is 11.6. The molecule has 0 aromatic heterocycles. The van der Waals surface area contributed by atoms with Gasteiger partial charge in [0.05, 0.1) is 6.61 Å². The monoisotopic (exact) mass is 332 g/mol. The molecular weight excluding hydrogens is 316 g/mol. The summed E-state index contributed by atoms with van der Waals surface area (Å²) >= 11 is 0. The Balaban J connectivity index is 3.27. The van der Waals surface area contributed by atoms with E-state index in [1.165, 1.54) is 0 Å². The van der Waals surface area contributed by atoms with Gasteiger partial charge in [-0.15, -0.1) is 0 Å². The predicted molar refractivity (Wildman–Crippen MR) is 71.9 cm³/mol. The second-order valence-electron chi connectivity index (χ2n) is 4.82. The molecule has 8 N–H and O–H groups in total. The van der Waals surface area contributed by atoms with E-state index in [4.69, 9.17) is 5.11 Å². The number of aromatic hydroxyl groups is 3. The van der Waals surface area contributed by atoms with Crippen LogP contribution in [0.4, 0.5) is 0 Å². The second kappa shape index (κ2) is 6.89. The number of hydrogen-bond acceptors (Lipinski definition) is 10. The van der Waals surface area contributed by atoms with Crippen LogP contribution >= 0.6 is 0 Å². The van der Waals surface area contributed by atoms with E-state index < -0.39 is 65.4 Å². The molecule has 0 unspecified atom stereocenters. The second-order valence-corrected chi connectivity index (χ2v) is 4.82.